The maximum atomic E-state index is 12.8. The lowest BCUT2D eigenvalue weighted by molar-refractivity contribution is -0.390. The van der Waals surface area contributed by atoms with Crippen LogP contribution >= 0.6 is 0 Å². The van der Waals surface area contributed by atoms with E-state index >= 15 is 0 Å². The van der Waals surface area contributed by atoms with Crippen molar-refractivity contribution in [1.82, 2.24) is 9.88 Å². The average Bonchev–Trinajstić information content (AvgIpc) is 2.73. The predicted octanol–water partition coefficient (Wildman–Crippen LogP) is 3.62. The van der Waals surface area contributed by atoms with Gasteiger partial charge in [-0.2, -0.15) is 0 Å². The molecule has 0 aliphatic carbocycles. The fourth-order valence-electron chi connectivity index (χ4n) is 2.93. The van der Waals surface area contributed by atoms with Crippen LogP contribution in [0.25, 0.3) is 0 Å². The monoisotopic (exact) mass is 377 g/mol. The first-order valence-corrected chi connectivity index (χ1v) is 8.65. The van der Waals surface area contributed by atoms with E-state index in [0.29, 0.717) is 0 Å². The summed E-state index contributed by atoms with van der Waals surface area (Å²) in [5, 5.41) is 11.0. The van der Waals surface area contributed by atoms with E-state index in [1.165, 1.54) is 18.3 Å². The maximum Gasteiger partial charge on any atom is 0.406 e. The van der Waals surface area contributed by atoms with Gasteiger partial charge in [0.15, 0.2) is 6.61 Å². The van der Waals surface area contributed by atoms with Gasteiger partial charge in [0.05, 0.1) is 6.04 Å². The smallest absolute Gasteiger partial charge is 0.406 e. The topological polar surface area (TPSA) is 85.6 Å². The van der Waals surface area contributed by atoms with Crippen LogP contribution in [0.3, 0.4) is 0 Å². The summed E-state index contributed by atoms with van der Waals surface area (Å²) in [7, 11) is 1.69. The SMILES string of the molecule is CN(C(=O)COc1cccnc1[N+](=O)[O-])C(c1ccccc1)c1ccccc1. The molecule has 0 fully saturated rings. The number of amides is 1. The van der Waals surface area contributed by atoms with Gasteiger partial charge in [-0.15, -0.1) is 0 Å². The van der Waals surface area contributed by atoms with Crippen molar-refractivity contribution in [2.24, 2.45) is 0 Å². The summed E-state index contributed by atoms with van der Waals surface area (Å²) in [5.74, 6) is -0.762. The van der Waals surface area contributed by atoms with Crippen LogP contribution in [0.4, 0.5) is 5.82 Å². The van der Waals surface area contributed by atoms with Crippen molar-refractivity contribution in [2.75, 3.05) is 13.7 Å². The largest absolute Gasteiger partial charge is 0.476 e. The number of nitrogens with zero attached hydrogens (tertiary/aromatic N) is 3. The molecule has 3 rings (SSSR count). The number of hydrogen-bond acceptors (Lipinski definition) is 5. The van der Waals surface area contributed by atoms with Crippen LogP contribution in [0.1, 0.15) is 17.2 Å². The van der Waals surface area contributed by atoms with Gasteiger partial charge in [0.1, 0.15) is 6.20 Å². The van der Waals surface area contributed by atoms with Crippen molar-refractivity contribution < 1.29 is 14.5 Å². The molecular weight excluding hydrogens is 358 g/mol. The summed E-state index contributed by atoms with van der Waals surface area (Å²) in [4.78, 5) is 28.5. The molecule has 0 radical (unpaired) electrons. The van der Waals surface area contributed by atoms with Crippen molar-refractivity contribution in [3.63, 3.8) is 0 Å². The molecule has 0 aliphatic rings. The van der Waals surface area contributed by atoms with E-state index in [1.807, 2.05) is 60.7 Å². The summed E-state index contributed by atoms with van der Waals surface area (Å²) < 4.78 is 5.41. The van der Waals surface area contributed by atoms with E-state index in [2.05, 4.69) is 4.98 Å². The zero-order valence-corrected chi connectivity index (χ0v) is 15.3. The zero-order chi connectivity index (χ0) is 19.9. The number of nitro groups is 1. The van der Waals surface area contributed by atoms with Crippen LogP contribution in [0.5, 0.6) is 5.75 Å². The highest BCUT2D eigenvalue weighted by atomic mass is 16.6. The number of pyridine rings is 1. The van der Waals surface area contributed by atoms with E-state index in [0.717, 1.165) is 11.1 Å². The molecule has 0 aliphatic heterocycles. The summed E-state index contributed by atoms with van der Waals surface area (Å²) in [6.07, 6.45) is 1.31. The van der Waals surface area contributed by atoms with Crippen LogP contribution < -0.4 is 4.74 Å². The first-order valence-electron chi connectivity index (χ1n) is 8.65. The molecule has 0 unspecified atom stereocenters. The third-order valence-corrected chi connectivity index (χ3v) is 4.29. The lowest BCUT2D eigenvalue weighted by Gasteiger charge is -2.29. The predicted molar refractivity (Wildman–Crippen MR) is 104 cm³/mol. The molecular formula is C21H19N3O4. The molecule has 1 aromatic heterocycles. The minimum absolute atomic E-state index is 0.0368. The Morgan fingerprint density at radius 2 is 1.61 bits per heavy atom. The highest BCUT2D eigenvalue weighted by Crippen LogP contribution is 2.28. The quantitative estimate of drug-likeness (QED) is 0.464. The normalized spacial score (nSPS) is 10.5. The van der Waals surface area contributed by atoms with Gasteiger partial charge < -0.3 is 19.8 Å². The molecule has 0 spiro atoms. The van der Waals surface area contributed by atoms with Crippen molar-refractivity contribution in [2.45, 2.75) is 6.04 Å². The average molecular weight is 377 g/mol. The molecule has 3 aromatic rings. The van der Waals surface area contributed by atoms with Crippen molar-refractivity contribution >= 4 is 11.7 Å². The Morgan fingerprint density at radius 1 is 1.04 bits per heavy atom. The maximum absolute atomic E-state index is 12.8. The van der Waals surface area contributed by atoms with Gasteiger partial charge in [-0.1, -0.05) is 60.7 Å². The third kappa shape index (κ3) is 4.32. The minimum Gasteiger partial charge on any atom is -0.476 e. The van der Waals surface area contributed by atoms with Crippen LogP contribution in [0.2, 0.25) is 0 Å². The molecule has 0 saturated heterocycles. The van der Waals surface area contributed by atoms with Crippen molar-refractivity contribution in [3.8, 4) is 5.75 Å². The highest BCUT2D eigenvalue weighted by Gasteiger charge is 2.25. The van der Waals surface area contributed by atoms with E-state index in [1.54, 1.807) is 11.9 Å². The van der Waals surface area contributed by atoms with E-state index < -0.39 is 10.7 Å². The molecule has 1 heterocycles. The lowest BCUT2D eigenvalue weighted by Crippen LogP contribution is -2.35. The Hall–Kier alpha value is -3.74. The number of benzene rings is 2. The number of carbonyl (C=O) groups is 1. The summed E-state index contributed by atoms with van der Waals surface area (Å²) in [5.41, 5.74) is 1.91. The number of hydrogen-bond donors (Lipinski definition) is 0. The van der Waals surface area contributed by atoms with Crippen molar-refractivity contribution in [3.05, 3.63) is 100 Å². The molecule has 2 aromatic carbocycles. The fourth-order valence-corrected chi connectivity index (χ4v) is 2.93. The van der Waals surface area contributed by atoms with E-state index in [-0.39, 0.29) is 24.3 Å². The number of carbonyl (C=O) groups excluding carboxylic acids is 1. The van der Waals surface area contributed by atoms with Gasteiger partial charge in [0.2, 0.25) is 5.75 Å². The molecule has 0 N–H and O–H groups in total. The Balaban J connectivity index is 1.81. The Labute approximate surface area is 162 Å². The second-order valence-corrected chi connectivity index (χ2v) is 6.10. The fraction of sp³-hybridized carbons (Fsp3) is 0.143. The van der Waals surface area contributed by atoms with Crippen LogP contribution in [-0.2, 0) is 4.79 Å². The highest BCUT2D eigenvalue weighted by molar-refractivity contribution is 5.78. The van der Waals surface area contributed by atoms with Gasteiger partial charge in [0.25, 0.3) is 5.91 Å². The van der Waals surface area contributed by atoms with Crippen molar-refractivity contribution in [1.29, 1.82) is 0 Å². The lowest BCUT2D eigenvalue weighted by atomic mass is 9.97. The Bertz CT molecular complexity index is 909. The zero-order valence-electron chi connectivity index (χ0n) is 15.3. The van der Waals surface area contributed by atoms with Gasteiger partial charge in [-0.3, -0.25) is 4.79 Å². The molecule has 0 bridgehead atoms. The van der Waals surface area contributed by atoms with Crippen LogP contribution in [0.15, 0.2) is 79.0 Å². The number of ether oxygens (including phenoxy) is 1. The first-order chi connectivity index (χ1) is 13.6. The number of likely N-dealkylation sites (N-methyl/N-ethyl adjacent to an activating group) is 1. The summed E-state index contributed by atoms with van der Waals surface area (Å²) in [6.45, 7) is -0.334. The Morgan fingerprint density at radius 3 is 2.14 bits per heavy atom. The van der Waals surface area contributed by atoms with E-state index in [4.69, 9.17) is 4.74 Å². The molecule has 7 heteroatoms. The van der Waals surface area contributed by atoms with Gasteiger partial charge in [-0.05, 0) is 33.2 Å². The summed E-state index contributed by atoms with van der Waals surface area (Å²) >= 11 is 0. The van der Waals surface area contributed by atoms with E-state index in [9.17, 15) is 14.9 Å². The third-order valence-electron chi connectivity index (χ3n) is 4.29. The Kier molecular flexibility index (Phi) is 5.96. The second kappa shape index (κ2) is 8.77. The van der Waals surface area contributed by atoms with Gasteiger partial charge in [0, 0.05) is 7.05 Å². The first kappa shape index (κ1) is 19.0. The molecule has 0 atom stereocenters. The number of rotatable bonds is 7. The molecule has 28 heavy (non-hydrogen) atoms. The molecule has 0 saturated carbocycles. The summed E-state index contributed by atoms with van der Waals surface area (Å²) in [6, 6.07) is 21.9. The van der Waals surface area contributed by atoms with Gasteiger partial charge in [-0.25, -0.2) is 0 Å². The van der Waals surface area contributed by atoms with Crippen LogP contribution in [0, 0.1) is 10.1 Å². The van der Waals surface area contributed by atoms with Crippen LogP contribution in [-0.4, -0.2) is 34.4 Å². The number of aromatic nitrogens is 1. The second-order valence-electron chi connectivity index (χ2n) is 6.10. The molecule has 142 valence electrons. The molecule has 1 amide bonds. The van der Waals surface area contributed by atoms with Gasteiger partial charge >= 0.3 is 5.82 Å². The standard InChI is InChI=1S/C21H19N3O4/c1-23(19(25)15-28-18-13-8-14-22-21(18)24(26)27)20(16-9-4-2-5-10-16)17-11-6-3-7-12-17/h2-14,20H,15H2,1H3. The minimum atomic E-state index is -0.639. The molecule has 7 nitrogen and oxygen atoms in total.